The predicted molar refractivity (Wildman–Crippen MR) is 76.1 cm³/mol. The lowest BCUT2D eigenvalue weighted by Crippen LogP contribution is -2.49. The predicted octanol–water partition coefficient (Wildman–Crippen LogP) is 0.346. The fourth-order valence-electron chi connectivity index (χ4n) is 3.32. The quantitative estimate of drug-likeness (QED) is 0.593. The molecule has 2 heterocycles. The Morgan fingerprint density at radius 2 is 2.00 bits per heavy atom. The molecule has 1 aliphatic carbocycles. The molecule has 0 aromatic heterocycles. The molecule has 0 unspecified atom stereocenters. The minimum atomic E-state index is -0.937. The summed E-state index contributed by atoms with van der Waals surface area (Å²) in [7, 11) is 0. The third kappa shape index (κ3) is 2.89. The fourth-order valence-corrected chi connectivity index (χ4v) is 3.32. The van der Waals surface area contributed by atoms with E-state index in [0.29, 0.717) is 25.2 Å². The Balaban J connectivity index is 1.61. The Morgan fingerprint density at radius 3 is 2.61 bits per heavy atom. The third-order valence-corrected chi connectivity index (χ3v) is 4.82. The van der Waals surface area contributed by atoms with Crippen LogP contribution in [0.4, 0.5) is 4.79 Å². The van der Waals surface area contributed by atoms with Crippen molar-refractivity contribution in [2.75, 3.05) is 13.2 Å². The Labute approximate surface area is 133 Å². The number of urea groups is 1. The van der Waals surface area contributed by atoms with Gasteiger partial charge in [-0.05, 0) is 31.6 Å². The minimum absolute atomic E-state index is 0.210. The van der Waals surface area contributed by atoms with Crippen molar-refractivity contribution >= 4 is 23.9 Å². The molecular weight excluding hydrogens is 304 g/mol. The first-order valence-corrected chi connectivity index (χ1v) is 7.91. The summed E-state index contributed by atoms with van der Waals surface area (Å²) >= 11 is 0. The number of carbonyl (C=O) groups is 4. The van der Waals surface area contributed by atoms with Crippen LogP contribution >= 0.6 is 0 Å². The van der Waals surface area contributed by atoms with Crippen LogP contribution in [0.5, 0.6) is 0 Å². The zero-order valence-electron chi connectivity index (χ0n) is 13.0. The van der Waals surface area contributed by atoms with Crippen LogP contribution in [0.3, 0.4) is 0 Å². The van der Waals surface area contributed by atoms with Crippen molar-refractivity contribution in [2.45, 2.75) is 50.7 Å². The first kappa shape index (κ1) is 15.8. The molecule has 1 saturated carbocycles. The summed E-state index contributed by atoms with van der Waals surface area (Å²) in [6.45, 7) is 1.84. The minimum Gasteiger partial charge on any atom is -0.463 e. The molecular formula is C15H20N2O6. The number of amides is 3. The van der Waals surface area contributed by atoms with E-state index in [1.54, 1.807) is 0 Å². The molecule has 3 rings (SSSR count). The molecule has 1 spiro atoms. The van der Waals surface area contributed by atoms with Gasteiger partial charge in [-0.2, -0.15) is 0 Å². The number of cyclic esters (lactones) is 1. The van der Waals surface area contributed by atoms with Gasteiger partial charge < -0.3 is 14.8 Å². The number of nitrogens with one attached hydrogen (secondary N) is 1. The maximum atomic E-state index is 12.6. The van der Waals surface area contributed by atoms with Crippen molar-refractivity contribution in [2.24, 2.45) is 5.92 Å². The van der Waals surface area contributed by atoms with Crippen LogP contribution in [0.2, 0.25) is 0 Å². The standard InChI is InChI=1S/C15H20N2O6/c1-9-2-5-15(6-3-9)13(20)17(14(21)16-15)8-11(18)23-10-4-7-22-12(10)19/h9-10H,2-8H2,1H3,(H,16,21)/t9?,10-,15?/m1/s1. The van der Waals surface area contributed by atoms with E-state index in [1.807, 2.05) is 0 Å². The number of esters is 2. The van der Waals surface area contributed by atoms with Gasteiger partial charge in [-0.1, -0.05) is 6.92 Å². The fraction of sp³-hybridized carbons (Fsp3) is 0.733. The van der Waals surface area contributed by atoms with Crippen molar-refractivity contribution in [1.82, 2.24) is 10.2 Å². The van der Waals surface area contributed by atoms with E-state index in [9.17, 15) is 19.2 Å². The number of ether oxygens (including phenoxy) is 2. The van der Waals surface area contributed by atoms with Crippen LogP contribution in [0.25, 0.3) is 0 Å². The molecule has 0 bridgehead atoms. The molecule has 1 N–H and O–H groups in total. The molecule has 8 heteroatoms. The van der Waals surface area contributed by atoms with Crippen LogP contribution in [-0.2, 0) is 23.9 Å². The first-order chi connectivity index (χ1) is 10.9. The molecule has 23 heavy (non-hydrogen) atoms. The van der Waals surface area contributed by atoms with Gasteiger partial charge in [0.1, 0.15) is 12.1 Å². The van der Waals surface area contributed by atoms with Crippen LogP contribution in [-0.4, -0.2) is 53.6 Å². The Hall–Kier alpha value is -2.12. The molecule has 1 atom stereocenters. The van der Waals surface area contributed by atoms with Gasteiger partial charge in [0.15, 0.2) is 0 Å². The molecule has 0 radical (unpaired) electrons. The van der Waals surface area contributed by atoms with E-state index in [2.05, 4.69) is 12.2 Å². The maximum absolute atomic E-state index is 12.6. The SMILES string of the molecule is CC1CCC2(CC1)NC(=O)N(CC(=O)O[C@@H]1CCOC1=O)C2=O. The summed E-state index contributed by atoms with van der Waals surface area (Å²) in [5.41, 5.74) is -0.879. The summed E-state index contributed by atoms with van der Waals surface area (Å²) in [6, 6.07) is -0.574. The summed E-state index contributed by atoms with van der Waals surface area (Å²) < 4.78 is 9.69. The van der Waals surface area contributed by atoms with Crippen LogP contribution in [0.15, 0.2) is 0 Å². The summed E-state index contributed by atoms with van der Waals surface area (Å²) in [4.78, 5) is 48.7. The number of nitrogens with zero attached hydrogens (tertiary/aromatic N) is 1. The van der Waals surface area contributed by atoms with Crippen LogP contribution in [0.1, 0.15) is 39.0 Å². The van der Waals surface area contributed by atoms with Crippen LogP contribution < -0.4 is 5.32 Å². The molecule has 0 aromatic rings. The van der Waals surface area contributed by atoms with Gasteiger partial charge in [0, 0.05) is 6.42 Å². The number of hydrogen-bond donors (Lipinski definition) is 1. The summed E-state index contributed by atoms with van der Waals surface area (Å²) in [5.74, 6) is -1.22. The van der Waals surface area contributed by atoms with Gasteiger partial charge in [0.25, 0.3) is 5.91 Å². The van der Waals surface area contributed by atoms with E-state index in [-0.39, 0.29) is 12.5 Å². The van der Waals surface area contributed by atoms with Gasteiger partial charge >= 0.3 is 18.0 Å². The Bertz CT molecular complexity index is 552. The number of hydrogen-bond acceptors (Lipinski definition) is 6. The third-order valence-electron chi connectivity index (χ3n) is 4.82. The van der Waals surface area contributed by atoms with Crippen molar-refractivity contribution in [1.29, 1.82) is 0 Å². The van der Waals surface area contributed by atoms with Gasteiger partial charge in [-0.3, -0.25) is 14.5 Å². The molecule has 3 aliphatic rings. The zero-order valence-corrected chi connectivity index (χ0v) is 13.0. The molecule has 0 aromatic carbocycles. The average molecular weight is 324 g/mol. The second-order valence-electron chi connectivity index (χ2n) is 6.52. The second-order valence-corrected chi connectivity index (χ2v) is 6.52. The molecule has 3 fully saturated rings. The Kier molecular flexibility index (Phi) is 3.99. The lowest BCUT2D eigenvalue weighted by atomic mass is 9.77. The van der Waals surface area contributed by atoms with E-state index in [1.165, 1.54) is 0 Å². The van der Waals surface area contributed by atoms with Gasteiger partial charge in [-0.25, -0.2) is 9.59 Å². The number of carbonyl (C=O) groups excluding carboxylic acids is 4. The zero-order chi connectivity index (χ0) is 16.6. The van der Waals surface area contributed by atoms with E-state index < -0.39 is 36.2 Å². The first-order valence-electron chi connectivity index (χ1n) is 7.91. The lowest BCUT2D eigenvalue weighted by molar-refractivity contribution is -0.161. The van der Waals surface area contributed by atoms with Crippen LogP contribution in [0, 0.1) is 5.92 Å². The normalized spacial score (nSPS) is 33.8. The van der Waals surface area contributed by atoms with Gasteiger partial charge in [0.2, 0.25) is 6.10 Å². The summed E-state index contributed by atoms with van der Waals surface area (Å²) in [6.07, 6.45) is 2.24. The molecule has 126 valence electrons. The highest BCUT2D eigenvalue weighted by Crippen LogP contribution is 2.36. The number of imide groups is 1. The molecule has 2 aliphatic heterocycles. The molecule has 3 amide bonds. The monoisotopic (exact) mass is 324 g/mol. The summed E-state index contributed by atoms with van der Waals surface area (Å²) in [5, 5.41) is 2.74. The number of rotatable bonds is 3. The Morgan fingerprint density at radius 1 is 1.30 bits per heavy atom. The van der Waals surface area contributed by atoms with Gasteiger partial charge in [0.05, 0.1) is 6.61 Å². The second kappa shape index (κ2) is 5.82. The highest BCUT2D eigenvalue weighted by Gasteiger charge is 2.52. The highest BCUT2D eigenvalue weighted by molar-refractivity contribution is 6.08. The van der Waals surface area contributed by atoms with Gasteiger partial charge in [-0.15, -0.1) is 0 Å². The smallest absolute Gasteiger partial charge is 0.347 e. The highest BCUT2D eigenvalue weighted by atomic mass is 16.6. The van der Waals surface area contributed by atoms with Crippen molar-refractivity contribution in [3.8, 4) is 0 Å². The van der Waals surface area contributed by atoms with E-state index in [0.717, 1.165) is 17.7 Å². The average Bonchev–Trinajstić information content (AvgIpc) is 3.00. The van der Waals surface area contributed by atoms with Crippen molar-refractivity contribution in [3.63, 3.8) is 0 Å². The van der Waals surface area contributed by atoms with Crippen molar-refractivity contribution < 1.29 is 28.7 Å². The largest absolute Gasteiger partial charge is 0.463 e. The van der Waals surface area contributed by atoms with E-state index >= 15 is 0 Å². The van der Waals surface area contributed by atoms with Crippen molar-refractivity contribution in [3.05, 3.63) is 0 Å². The van der Waals surface area contributed by atoms with E-state index in [4.69, 9.17) is 9.47 Å². The lowest BCUT2D eigenvalue weighted by Gasteiger charge is -2.33. The maximum Gasteiger partial charge on any atom is 0.347 e. The molecule has 2 saturated heterocycles. The topological polar surface area (TPSA) is 102 Å². The molecule has 8 nitrogen and oxygen atoms in total.